The summed E-state index contributed by atoms with van der Waals surface area (Å²) in [5, 5.41) is 0.782. The Bertz CT molecular complexity index is 706. The van der Waals surface area contributed by atoms with E-state index in [1.165, 1.54) is 5.56 Å². The maximum Gasteiger partial charge on any atom is 0.169 e. The highest BCUT2D eigenvalue weighted by atomic mass is 32.2. The van der Waals surface area contributed by atoms with E-state index in [4.69, 9.17) is 0 Å². The second-order valence-corrected chi connectivity index (χ2v) is 5.09. The van der Waals surface area contributed by atoms with Gasteiger partial charge >= 0.3 is 0 Å². The number of carbonyl (C=O) groups is 1. The van der Waals surface area contributed by atoms with Crippen LogP contribution in [0.3, 0.4) is 0 Å². The zero-order valence-electron chi connectivity index (χ0n) is 10.2. The second-order valence-electron chi connectivity index (χ2n) is 4.12. The number of benzene rings is 1. The summed E-state index contributed by atoms with van der Waals surface area (Å²) < 4.78 is 1.82. The van der Waals surface area contributed by atoms with E-state index >= 15 is 0 Å². The average Bonchev–Trinajstić information content (AvgIpc) is 2.83. The van der Waals surface area contributed by atoms with E-state index in [-0.39, 0.29) is 0 Å². The van der Waals surface area contributed by atoms with Crippen molar-refractivity contribution < 1.29 is 4.79 Å². The van der Waals surface area contributed by atoms with Crippen molar-refractivity contribution >= 4 is 23.7 Å². The summed E-state index contributed by atoms with van der Waals surface area (Å²) in [7, 11) is 0. The fourth-order valence-electron chi connectivity index (χ4n) is 1.93. The Morgan fingerprint density at radius 3 is 2.68 bits per heavy atom. The minimum Gasteiger partial charge on any atom is -0.296 e. The Balaban J connectivity index is 1.90. The number of hydrogen-bond donors (Lipinski definition) is 0. The van der Waals surface area contributed by atoms with Crippen molar-refractivity contribution in [3.63, 3.8) is 0 Å². The molecule has 0 radical (unpaired) electrons. The number of fused-ring (bicyclic) bond motifs is 1. The van der Waals surface area contributed by atoms with Crippen LogP contribution >= 0.6 is 11.8 Å². The van der Waals surface area contributed by atoms with Crippen LogP contribution in [0.1, 0.15) is 16.1 Å². The lowest BCUT2D eigenvalue weighted by Gasteiger charge is -1.99. The molecule has 0 N–H and O–H groups in total. The molecule has 0 aliphatic heterocycles. The van der Waals surface area contributed by atoms with Crippen LogP contribution in [0.5, 0.6) is 0 Å². The van der Waals surface area contributed by atoms with E-state index in [2.05, 4.69) is 17.1 Å². The first-order valence-electron chi connectivity index (χ1n) is 5.97. The van der Waals surface area contributed by atoms with Gasteiger partial charge in [0.15, 0.2) is 6.29 Å². The van der Waals surface area contributed by atoms with Gasteiger partial charge in [-0.05, 0) is 17.7 Å². The molecule has 0 bridgehead atoms. The van der Waals surface area contributed by atoms with Crippen LogP contribution in [-0.4, -0.2) is 15.7 Å². The highest BCUT2D eigenvalue weighted by Gasteiger charge is 2.11. The van der Waals surface area contributed by atoms with Crippen LogP contribution in [0, 0.1) is 0 Å². The first-order valence-corrected chi connectivity index (χ1v) is 6.96. The number of thioether (sulfide) groups is 1. The maximum atomic E-state index is 11.2. The van der Waals surface area contributed by atoms with Gasteiger partial charge in [0, 0.05) is 11.9 Å². The van der Waals surface area contributed by atoms with Crippen molar-refractivity contribution in [2.45, 2.75) is 10.8 Å². The average molecular weight is 268 g/mol. The van der Waals surface area contributed by atoms with Gasteiger partial charge in [0.1, 0.15) is 16.4 Å². The SMILES string of the molecule is O=Cc1c(SCc2ccccc2)nc2ccccn12. The van der Waals surface area contributed by atoms with Crippen LogP contribution in [-0.2, 0) is 5.75 Å². The first-order chi connectivity index (χ1) is 9.38. The second kappa shape index (κ2) is 5.28. The quantitative estimate of drug-likeness (QED) is 0.537. The number of nitrogens with zero attached hydrogens (tertiary/aromatic N) is 2. The summed E-state index contributed by atoms with van der Waals surface area (Å²) in [6, 6.07) is 15.9. The number of carbonyl (C=O) groups excluding carboxylic acids is 1. The maximum absolute atomic E-state index is 11.2. The molecule has 0 aliphatic rings. The van der Waals surface area contributed by atoms with E-state index in [0.29, 0.717) is 5.69 Å². The zero-order chi connectivity index (χ0) is 13.1. The van der Waals surface area contributed by atoms with Gasteiger partial charge < -0.3 is 0 Å². The molecule has 3 aromatic rings. The number of rotatable bonds is 4. The third-order valence-corrected chi connectivity index (χ3v) is 3.91. The van der Waals surface area contributed by atoms with E-state index in [1.807, 2.05) is 47.0 Å². The fraction of sp³-hybridized carbons (Fsp3) is 0.0667. The molecule has 0 atom stereocenters. The Hall–Kier alpha value is -2.07. The summed E-state index contributed by atoms with van der Waals surface area (Å²) in [6.45, 7) is 0. The van der Waals surface area contributed by atoms with Crippen molar-refractivity contribution in [2.24, 2.45) is 0 Å². The molecule has 3 rings (SSSR count). The van der Waals surface area contributed by atoms with Gasteiger partial charge in [0.25, 0.3) is 0 Å². The van der Waals surface area contributed by atoms with Crippen molar-refractivity contribution in [3.05, 3.63) is 66.0 Å². The molecule has 2 aromatic heterocycles. The van der Waals surface area contributed by atoms with Crippen molar-refractivity contribution in [2.75, 3.05) is 0 Å². The summed E-state index contributed by atoms with van der Waals surface area (Å²) in [4.78, 5) is 15.7. The van der Waals surface area contributed by atoms with E-state index < -0.39 is 0 Å². The van der Waals surface area contributed by atoms with Crippen LogP contribution in [0.15, 0.2) is 59.8 Å². The lowest BCUT2D eigenvalue weighted by Crippen LogP contribution is -1.90. The molecule has 0 spiro atoms. The molecular weight excluding hydrogens is 256 g/mol. The standard InChI is InChI=1S/C15H12N2OS/c18-10-13-15(16-14-8-4-5-9-17(13)14)19-11-12-6-2-1-3-7-12/h1-10H,11H2. The fourth-order valence-corrected chi connectivity index (χ4v) is 2.88. The zero-order valence-corrected chi connectivity index (χ0v) is 11.0. The Labute approximate surface area is 115 Å². The Morgan fingerprint density at radius 2 is 1.89 bits per heavy atom. The number of imidazole rings is 1. The van der Waals surface area contributed by atoms with Gasteiger partial charge in [-0.25, -0.2) is 4.98 Å². The lowest BCUT2D eigenvalue weighted by molar-refractivity contribution is 0.111. The van der Waals surface area contributed by atoms with Crippen LogP contribution < -0.4 is 0 Å². The molecule has 0 amide bonds. The third-order valence-electron chi connectivity index (χ3n) is 2.86. The minimum absolute atomic E-state index is 0.622. The Kier molecular flexibility index (Phi) is 3.33. The Morgan fingerprint density at radius 1 is 1.11 bits per heavy atom. The molecule has 2 heterocycles. The molecule has 3 nitrogen and oxygen atoms in total. The van der Waals surface area contributed by atoms with Gasteiger partial charge in [-0.3, -0.25) is 9.20 Å². The van der Waals surface area contributed by atoms with Crippen LogP contribution in [0.4, 0.5) is 0 Å². The van der Waals surface area contributed by atoms with Gasteiger partial charge in [-0.2, -0.15) is 0 Å². The topological polar surface area (TPSA) is 34.4 Å². The summed E-state index contributed by atoms with van der Waals surface area (Å²) in [6.07, 6.45) is 2.73. The highest BCUT2D eigenvalue weighted by Crippen LogP contribution is 2.25. The molecule has 1 aromatic carbocycles. The predicted octanol–water partition coefficient (Wildman–Crippen LogP) is 3.44. The van der Waals surface area contributed by atoms with E-state index in [9.17, 15) is 4.79 Å². The molecule has 0 unspecified atom stereocenters. The van der Waals surface area contributed by atoms with Gasteiger partial charge in [0.2, 0.25) is 0 Å². The van der Waals surface area contributed by atoms with E-state index in [1.54, 1.807) is 11.8 Å². The normalized spacial score (nSPS) is 10.7. The van der Waals surface area contributed by atoms with Gasteiger partial charge in [0.05, 0.1) is 0 Å². The molecule has 0 aliphatic carbocycles. The molecule has 0 saturated heterocycles. The highest BCUT2D eigenvalue weighted by molar-refractivity contribution is 7.98. The molecule has 4 heteroatoms. The monoisotopic (exact) mass is 268 g/mol. The predicted molar refractivity (Wildman–Crippen MR) is 76.6 cm³/mol. The van der Waals surface area contributed by atoms with Gasteiger partial charge in [-0.15, -0.1) is 0 Å². The summed E-state index contributed by atoms with van der Waals surface area (Å²) >= 11 is 1.59. The molecular formula is C15H12N2OS. The lowest BCUT2D eigenvalue weighted by atomic mass is 10.2. The number of pyridine rings is 1. The van der Waals surface area contributed by atoms with Crippen LogP contribution in [0.2, 0.25) is 0 Å². The summed E-state index contributed by atoms with van der Waals surface area (Å²) in [5.41, 5.74) is 2.65. The molecule has 94 valence electrons. The number of aldehydes is 1. The largest absolute Gasteiger partial charge is 0.296 e. The van der Waals surface area contributed by atoms with E-state index in [0.717, 1.165) is 22.7 Å². The third kappa shape index (κ3) is 2.39. The smallest absolute Gasteiger partial charge is 0.169 e. The molecule has 19 heavy (non-hydrogen) atoms. The molecule has 0 saturated carbocycles. The minimum atomic E-state index is 0.622. The summed E-state index contributed by atoms with van der Waals surface area (Å²) in [5.74, 6) is 0.811. The van der Waals surface area contributed by atoms with Crippen molar-refractivity contribution in [3.8, 4) is 0 Å². The van der Waals surface area contributed by atoms with Gasteiger partial charge in [-0.1, -0.05) is 48.2 Å². The van der Waals surface area contributed by atoms with Crippen molar-refractivity contribution in [1.29, 1.82) is 0 Å². The molecule has 0 fully saturated rings. The first kappa shape index (κ1) is 12.0. The van der Waals surface area contributed by atoms with Crippen molar-refractivity contribution in [1.82, 2.24) is 9.38 Å². The van der Waals surface area contributed by atoms with Crippen LogP contribution in [0.25, 0.3) is 5.65 Å². The number of aromatic nitrogens is 2. The number of hydrogen-bond acceptors (Lipinski definition) is 3.